The lowest BCUT2D eigenvalue weighted by Crippen LogP contribution is -2.48. The maximum absolute atomic E-state index is 9.19. The molecule has 1 rings (SSSR count). The molecule has 1 heterocycles. The van der Waals surface area contributed by atoms with E-state index < -0.39 is 11.1 Å². The molecule has 0 aliphatic carbocycles. The molecule has 0 spiro atoms. The quantitative estimate of drug-likeness (QED) is 0.296. The van der Waals surface area contributed by atoms with Gasteiger partial charge in [0, 0.05) is 13.1 Å². The minimum Gasteiger partial charge on any atom is -0.394 e. The fourth-order valence-corrected chi connectivity index (χ4v) is 1.50. The lowest BCUT2D eigenvalue weighted by atomic mass is 10.1. The normalized spacial score (nSPS) is 12.6. The number of rotatable bonds is 10. The maximum atomic E-state index is 9.19. The molecule has 6 N–H and O–H groups in total. The van der Waals surface area contributed by atoms with Crippen LogP contribution in [0.4, 0.5) is 0 Å². The van der Waals surface area contributed by atoms with Crippen LogP contribution in [-0.4, -0.2) is 67.9 Å². The molecule has 0 atom stereocenters. The van der Waals surface area contributed by atoms with Gasteiger partial charge in [-0.15, -0.1) is 0 Å². The molecule has 0 unspecified atom stereocenters. The van der Waals surface area contributed by atoms with Crippen molar-refractivity contribution in [1.29, 1.82) is 0 Å². The van der Waals surface area contributed by atoms with Gasteiger partial charge in [-0.05, 0) is 13.8 Å². The number of nitrogens with one attached hydrogen (secondary N) is 2. The van der Waals surface area contributed by atoms with Gasteiger partial charge in [0.25, 0.3) is 0 Å². The van der Waals surface area contributed by atoms with Crippen LogP contribution in [0.1, 0.15) is 25.2 Å². The third kappa shape index (κ3) is 5.56. The first-order valence-electron chi connectivity index (χ1n) is 7.13. The molecule has 0 radical (unpaired) electrons. The number of aliphatic hydroxyl groups excluding tert-OH is 4. The monoisotopic (exact) mass is 314 g/mol. The van der Waals surface area contributed by atoms with E-state index in [4.69, 9.17) is 0 Å². The third-order valence-corrected chi connectivity index (χ3v) is 3.55. The van der Waals surface area contributed by atoms with Gasteiger partial charge in [0.05, 0.1) is 61.3 Å². The molecular weight excluding hydrogens is 288 g/mol. The Morgan fingerprint density at radius 2 is 1.09 bits per heavy atom. The summed E-state index contributed by atoms with van der Waals surface area (Å²) in [5.74, 6) is 0. The molecule has 0 aromatic carbocycles. The van der Waals surface area contributed by atoms with Gasteiger partial charge in [0.1, 0.15) is 0 Å². The molecule has 1 aromatic heterocycles. The van der Waals surface area contributed by atoms with Crippen molar-refractivity contribution in [2.75, 3.05) is 26.4 Å². The second-order valence-corrected chi connectivity index (χ2v) is 5.96. The van der Waals surface area contributed by atoms with Crippen molar-refractivity contribution < 1.29 is 20.4 Å². The Hall–Kier alpha value is -1.16. The highest BCUT2D eigenvalue weighted by atomic mass is 16.3. The predicted octanol–water partition coefficient (Wildman–Crippen LogP) is -1.86. The van der Waals surface area contributed by atoms with Crippen LogP contribution in [0.2, 0.25) is 0 Å². The molecule has 8 heteroatoms. The van der Waals surface area contributed by atoms with Crippen molar-refractivity contribution in [3.63, 3.8) is 0 Å². The molecule has 22 heavy (non-hydrogen) atoms. The van der Waals surface area contributed by atoms with Crippen LogP contribution in [0, 0.1) is 0 Å². The Balaban J connectivity index is 2.53. The molecule has 0 saturated carbocycles. The van der Waals surface area contributed by atoms with Crippen LogP contribution in [0.25, 0.3) is 0 Å². The summed E-state index contributed by atoms with van der Waals surface area (Å²) < 4.78 is 0. The van der Waals surface area contributed by atoms with Crippen LogP contribution in [0.15, 0.2) is 12.4 Å². The zero-order valence-corrected chi connectivity index (χ0v) is 13.1. The summed E-state index contributed by atoms with van der Waals surface area (Å²) >= 11 is 0. The lowest BCUT2D eigenvalue weighted by Gasteiger charge is -2.26. The molecule has 1 aromatic rings. The van der Waals surface area contributed by atoms with Gasteiger partial charge in [0.15, 0.2) is 0 Å². The zero-order valence-electron chi connectivity index (χ0n) is 13.1. The predicted molar refractivity (Wildman–Crippen MR) is 80.9 cm³/mol. The fraction of sp³-hybridized carbons (Fsp3) is 0.714. The molecule has 126 valence electrons. The van der Waals surface area contributed by atoms with Crippen molar-refractivity contribution >= 4 is 0 Å². The first kappa shape index (κ1) is 18.9. The molecule has 0 amide bonds. The van der Waals surface area contributed by atoms with E-state index in [-0.39, 0.29) is 26.4 Å². The van der Waals surface area contributed by atoms with Gasteiger partial charge in [-0.1, -0.05) is 0 Å². The van der Waals surface area contributed by atoms with Gasteiger partial charge >= 0.3 is 0 Å². The number of aromatic nitrogens is 2. The van der Waals surface area contributed by atoms with Crippen LogP contribution >= 0.6 is 0 Å². The number of nitrogens with zero attached hydrogens (tertiary/aromatic N) is 2. The maximum Gasteiger partial charge on any atom is 0.0725 e. The van der Waals surface area contributed by atoms with Gasteiger partial charge in [-0.3, -0.25) is 9.97 Å². The Kier molecular flexibility index (Phi) is 7.27. The summed E-state index contributed by atoms with van der Waals surface area (Å²) in [5.41, 5.74) is -0.147. The zero-order chi connectivity index (χ0) is 16.6. The summed E-state index contributed by atoms with van der Waals surface area (Å²) in [6, 6.07) is 0. The summed E-state index contributed by atoms with van der Waals surface area (Å²) in [6.07, 6.45) is 3.21. The molecular formula is C14H26N4O4. The summed E-state index contributed by atoms with van der Waals surface area (Å²) in [7, 11) is 0. The topological polar surface area (TPSA) is 131 Å². The highest BCUT2D eigenvalue weighted by molar-refractivity contribution is 5.03. The highest BCUT2D eigenvalue weighted by Crippen LogP contribution is 2.05. The molecule has 0 aliphatic heterocycles. The molecule has 0 aliphatic rings. The average Bonchev–Trinajstić information content (AvgIpc) is 2.58. The Morgan fingerprint density at radius 3 is 1.32 bits per heavy atom. The van der Waals surface area contributed by atoms with E-state index in [1.165, 1.54) is 0 Å². The summed E-state index contributed by atoms with van der Waals surface area (Å²) in [4.78, 5) is 8.50. The molecule has 0 saturated heterocycles. The van der Waals surface area contributed by atoms with E-state index in [9.17, 15) is 20.4 Å². The van der Waals surface area contributed by atoms with Crippen LogP contribution in [0.3, 0.4) is 0 Å². The van der Waals surface area contributed by atoms with Crippen molar-refractivity contribution in [3.05, 3.63) is 23.8 Å². The largest absolute Gasteiger partial charge is 0.394 e. The van der Waals surface area contributed by atoms with E-state index in [0.717, 1.165) is 0 Å². The SMILES string of the molecule is CC(CO)(CO)NCc1cnc(CNC(C)(CO)CO)cn1. The van der Waals surface area contributed by atoms with Crippen LogP contribution < -0.4 is 10.6 Å². The number of hydrogen-bond donors (Lipinski definition) is 6. The smallest absolute Gasteiger partial charge is 0.0725 e. The second-order valence-electron chi connectivity index (χ2n) is 5.96. The van der Waals surface area contributed by atoms with E-state index >= 15 is 0 Å². The third-order valence-electron chi connectivity index (χ3n) is 3.55. The van der Waals surface area contributed by atoms with Gasteiger partial charge in [0.2, 0.25) is 0 Å². The molecule has 0 bridgehead atoms. The van der Waals surface area contributed by atoms with Crippen LogP contribution in [-0.2, 0) is 13.1 Å². The first-order valence-corrected chi connectivity index (χ1v) is 7.13. The summed E-state index contributed by atoms with van der Waals surface area (Å²) in [6.45, 7) is 3.46. The van der Waals surface area contributed by atoms with E-state index in [2.05, 4.69) is 20.6 Å². The Labute approximate surface area is 130 Å². The highest BCUT2D eigenvalue weighted by Gasteiger charge is 2.22. The first-order chi connectivity index (χ1) is 10.4. The van der Waals surface area contributed by atoms with Crippen molar-refractivity contribution in [2.45, 2.75) is 38.0 Å². The minimum atomic E-state index is -0.758. The fourth-order valence-electron chi connectivity index (χ4n) is 1.50. The Morgan fingerprint density at radius 1 is 0.773 bits per heavy atom. The van der Waals surface area contributed by atoms with Crippen molar-refractivity contribution in [1.82, 2.24) is 20.6 Å². The van der Waals surface area contributed by atoms with E-state index in [1.807, 2.05) is 0 Å². The van der Waals surface area contributed by atoms with E-state index in [1.54, 1.807) is 26.2 Å². The van der Waals surface area contributed by atoms with Gasteiger partial charge < -0.3 is 31.1 Å². The number of hydrogen-bond acceptors (Lipinski definition) is 8. The van der Waals surface area contributed by atoms with Crippen LogP contribution in [0.5, 0.6) is 0 Å². The summed E-state index contributed by atoms with van der Waals surface area (Å²) in [5, 5.41) is 42.8. The van der Waals surface area contributed by atoms with Gasteiger partial charge in [-0.2, -0.15) is 0 Å². The lowest BCUT2D eigenvalue weighted by molar-refractivity contribution is 0.102. The van der Waals surface area contributed by atoms with Crippen molar-refractivity contribution in [3.8, 4) is 0 Å². The molecule has 0 fully saturated rings. The average molecular weight is 314 g/mol. The van der Waals surface area contributed by atoms with E-state index in [0.29, 0.717) is 24.5 Å². The second kappa shape index (κ2) is 8.47. The standard InChI is InChI=1S/C14H26N4O4/c1-13(7-19,8-20)17-5-11-3-16-12(4-15-11)6-18-14(2,9-21)10-22/h3-4,17-22H,5-10H2,1-2H3. The van der Waals surface area contributed by atoms with Gasteiger partial charge in [-0.25, -0.2) is 0 Å². The number of aliphatic hydroxyl groups is 4. The molecule has 8 nitrogen and oxygen atoms in total. The Bertz CT molecular complexity index is 392. The van der Waals surface area contributed by atoms with Crippen molar-refractivity contribution in [2.24, 2.45) is 0 Å². The minimum absolute atomic E-state index is 0.181.